The lowest BCUT2D eigenvalue weighted by atomic mass is 10.1. The highest BCUT2D eigenvalue weighted by Crippen LogP contribution is 2.48. The number of hydrazone groups is 1. The Morgan fingerprint density at radius 2 is 1.94 bits per heavy atom. The van der Waals surface area contributed by atoms with Gasteiger partial charge < -0.3 is 5.11 Å². The molecule has 4 rings (SSSR count). The molecule has 172 valence electrons. The molecule has 1 heterocycles. The maximum absolute atomic E-state index is 13.8. The maximum Gasteiger partial charge on any atom is 0.417 e. The van der Waals surface area contributed by atoms with Gasteiger partial charge in [0.25, 0.3) is 5.92 Å². The third kappa shape index (κ3) is 4.70. The van der Waals surface area contributed by atoms with E-state index in [9.17, 15) is 36.2 Å². The van der Waals surface area contributed by atoms with Crippen LogP contribution in [0.25, 0.3) is 11.3 Å². The first kappa shape index (κ1) is 22.8. The fourth-order valence-electron chi connectivity index (χ4n) is 3.12. The number of halogens is 6. The van der Waals surface area contributed by atoms with Crippen molar-refractivity contribution in [2.75, 3.05) is 5.01 Å². The van der Waals surface area contributed by atoms with E-state index in [-0.39, 0.29) is 22.0 Å². The lowest BCUT2D eigenvalue weighted by Crippen LogP contribution is -2.24. The monoisotopic (exact) mass is 485 g/mol. The summed E-state index contributed by atoms with van der Waals surface area (Å²) in [6.07, 6.45) is -4.23. The highest BCUT2D eigenvalue weighted by Gasteiger charge is 2.61. The van der Waals surface area contributed by atoms with Crippen molar-refractivity contribution in [1.82, 2.24) is 4.98 Å². The van der Waals surface area contributed by atoms with Gasteiger partial charge in [-0.3, -0.25) is 0 Å². The smallest absolute Gasteiger partial charge is 0.417 e. The Kier molecular flexibility index (Phi) is 5.64. The minimum atomic E-state index is -4.64. The van der Waals surface area contributed by atoms with Gasteiger partial charge in [-0.05, 0) is 24.3 Å². The Hall–Kier alpha value is -3.41. The molecule has 1 fully saturated rings. The van der Waals surface area contributed by atoms with Crippen LogP contribution in [-0.4, -0.2) is 34.2 Å². The van der Waals surface area contributed by atoms with E-state index in [4.69, 9.17) is 0 Å². The van der Waals surface area contributed by atoms with E-state index >= 15 is 0 Å². The molecule has 0 aliphatic heterocycles. The molecular formula is C21H13F6N3O2S. The molecule has 1 aliphatic carbocycles. The number of hydrogen-bond acceptors (Lipinski definition) is 5. The zero-order valence-electron chi connectivity index (χ0n) is 16.4. The Morgan fingerprint density at radius 3 is 2.58 bits per heavy atom. The van der Waals surface area contributed by atoms with Crippen LogP contribution in [0.1, 0.15) is 27.9 Å². The lowest BCUT2D eigenvalue weighted by Gasteiger charge is -2.15. The number of aromatic nitrogens is 1. The van der Waals surface area contributed by atoms with Gasteiger partial charge in [-0.1, -0.05) is 18.2 Å². The average Bonchev–Trinajstić information content (AvgIpc) is 3.14. The van der Waals surface area contributed by atoms with Crippen molar-refractivity contribution in [2.45, 2.75) is 24.6 Å². The van der Waals surface area contributed by atoms with Crippen molar-refractivity contribution in [2.24, 2.45) is 5.10 Å². The second-order valence-electron chi connectivity index (χ2n) is 7.17. The number of anilines is 1. The molecule has 0 saturated heterocycles. The molecule has 0 bridgehead atoms. The predicted octanol–water partition coefficient (Wildman–Crippen LogP) is 5.91. The number of hydrogen-bond donors (Lipinski definition) is 1. The second kappa shape index (κ2) is 8.18. The first-order chi connectivity index (χ1) is 15.5. The van der Waals surface area contributed by atoms with Gasteiger partial charge in [0.15, 0.2) is 0 Å². The number of rotatable bonds is 6. The van der Waals surface area contributed by atoms with Crippen molar-refractivity contribution in [3.63, 3.8) is 0 Å². The van der Waals surface area contributed by atoms with Crippen LogP contribution in [0.15, 0.2) is 52.9 Å². The summed E-state index contributed by atoms with van der Waals surface area (Å²) in [6.45, 7) is 0. The van der Waals surface area contributed by atoms with Crippen molar-refractivity contribution in [3.05, 3.63) is 70.4 Å². The van der Waals surface area contributed by atoms with Crippen LogP contribution < -0.4 is 5.01 Å². The third-order valence-corrected chi connectivity index (χ3v) is 5.68. The minimum absolute atomic E-state index is 0.0444. The fraction of sp³-hybridized carbons (Fsp3) is 0.190. The van der Waals surface area contributed by atoms with E-state index in [1.807, 2.05) is 0 Å². The van der Waals surface area contributed by atoms with Gasteiger partial charge >= 0.3 is 12.1 Å². The van der Waals surface area contributed by atoms with Crippen LogP contribution >= 0.6 is 11.3 Å². The Balaban J connectivity index is 1.71. The van der Waals surface area contributed by atoms with Crippen LogP contribution in [0, 0.1) is 5.82 Å². The van der Waals surface area contributed by atoms with Crippen LogP contribution in [0.2, 0.25) is 0 Å². The van der Waals surface area contributed by atoms with E-state index in [1.54, 1.807) is 0 Å². The van der Waals surface area contributed by atoms with Crippen LogP contribution in [0.5, 0.6) is 0 Å². The molecule has 0 amide bonds. The molecule has 1 aliphatic rings. The molecular weight excluding hydrogens is 472 g/mol. The molecule has 1 unspecified atom stereocenters. The zero-order chi connectivity index (χ0) is 24.0. The Bertz CT molecular complexity index is 1240. The highest BCUT2D eigenvalue weighted by molar-refractivity contribution is 7.14. The number of thiazole rings is 1. The number of carboxylic acid groups (broad SMARTS) is 1. The van der Waals surface area contributed by atoms with Crippen LogP contribution in [-0.2, 0) is 6.18 Å². The molecule has 5 nitrogen and oxygen atoms in total. The zero-order valence-corrected chi connectivity index (χ0v) is 17.2. The van der Waals surface area contributed by atoms with Crippen molar-refractivity contribution < 1.29 is 36.2 Å². The molecule has 0 radical (unpaired) electrons. The number of nitrogens with zero attached hydrogens (tertiary/aromatic N) is 3. The normalized spacial score (nSPS) is 17.3. The van der Waals surface area contributed by atoms with Gasteiger partial charge in [0.2, 0.25) is 5.13 Å². The fourth-order valence-corrected chi connectivity index (χ4v) is 3.96. The molecule has 12 heteroatoms. The highest BCUT2D eigenvalue weighted by atomic mass is 32.1. The number of aromatic carboxylic acids is 1. The van der Waals surface area contributed by atoms with E-state index in [0.29, 0.717) is 0 Å². The Labute approximate surface area is 186 Å². The largest absolute Gasteiger partial charge is 0.478 e. The van der Waals surface area contributed by atoms with Gasteiger partial charge in [-0.2, -0.15) is 18.3 Å². The summed E-state index contributed by atoms with van der Waals surface area (Å²) >= 11 is 0.813. The predicted molar refractivity (Wildman–Crippen MR) is 109 cm³/mol. The second-order valence-corrected chi connectivity index (χ2v) is 8.00. The van der Waals surface area contributed by atoms with Crippen LogP contribution in [0.4, 0.5) is 31.5 Å². The van der Waals surface area contributed by atoms with Crippen molar-refractivity contribution in [3.8, 4) is 11.3 Å². The van der Waals surface area contributed by atoms with Gasteiger partial charge in [0, 0.05) is 22.9 Å². The summed E-state index contributed by atoms with van der Waals surface area (Å²) in [7, 11) is 0. The van der Waals surface area contributed by atoms with E-state index in [2.05, 4.69) is 10.1 Å². The summed E-state index contributed by atoms with van der Waals surface area (Å²) < 4.78 is 81.1. The Morgan fingerprint density at radius 1 is 1.24 bits per heavy atom. The molecule has 33 heavy (non-hydrogen) atoms. The minimum Gasteiger partial charge on any atom is -0.478 e. The lowest BCUT2D eigenvalue weighted by molar-refractivity contribution is -0.137. The van der Waals surface area contributed by atoms with Gasteiger partial charge in [0.1, 0.15) is 11.9 Å². The average molecular weight is 485 g/mol. The molecule has 1 N–H and O–H groups in total. The summed E-state index contributed by atoms with van der Waals surface area (Å²) in [5, 5.41) is 15.2. The van der Waals surface area contributed by atoms with Gasteiger partial charge in [-0.15, -0.1) is 11.3 Å². The third-order valence-electron chi connectivity index (χ3n) is 4.85. The standard InChI is InChI=1S/C21H13F6N3O2S/c22-12-6-5-11(14(7-12)18(31)32)9-28-30(17-8-20(17,23)24)19-29-16(10-33-19)13-3-1-2-4-15(13)21(25,26)27/h1-7,9-10,17H,8H2,(H,31,32)/b28-9+. The summed E-state index contributed by atoms with van der Waals surface area (Å²) in [6, 6.07) is 6.20. The number of alkyl halides is 5. The van der Waals surface area contributed by atoms with Gasteiger partial charge in [-0.25, -0.2) is 28.0 Å². The number of carbonyl (C=O) groups is 1. The van der Waals surface area contributed by atoms with E-state index in [1.165, 1.54) is 23.6 Å². The van der Waals surface area contributed by atoms with Crippen molar-refractivity contribution in [1.29, 1.82) is 0 Å². The van der Waals surface area contributed by atoms with E-state index < -0.39 is 47.5 Å². The quantitative estimate of drug-likeness (QED) is 0.268. The van der Waals surface area contributed by atoms with Crippen molar-refractivity contribution >= 4 is 28.7 Å². The number of benzene rings is 2. The summed E-state index contributed by atoms with van der Waals surface area (Å²) in [5.41, 5.74) is -1.69. The molecule has 3 aromatic rings. The maximum atomic E-state index is 13.8. The molecule has 1 aromatic heterocycles. The molecule has 0 spiro atoms. The number of carboxylic acids is 1. The van der Waals surface area contributed by atoms with E-state index in [0.717, 1.165) is 46.8 Å². The molecule has 2 aromatic carbocycles. The SMILES string of the molecule is O=C(O)c1cc(F)ccc1/C=N/N(c1nc(-c2ccccc2C(F)(F)F)cs1)C1CC1(F)F. The summed E-state index contributed by atoms with van der Waals surface area (Å²) in [4.78, 5) is 15.4. The first-order valence-corrected chi connectivity index (χ1v) is 10.2. The van der Waals surface area contributed by atoms with Gasteiger partial charge in [0.05, 0.1) is 23.0 Å². The molecule has 1 atom stereocenters. The topological polar surface area (TPSA) is 65.8 Å². The first-order valence-electron chi connectivity index (χ1n) is 9.33. The molecule has 1 saturated carbocycles. The van der Waals surface area contributed by atoms with Crippen LogP contribution in [0.3, 0.4) is 0 Å². The summed E-state index contributed by atoms with van der Waals surface area (Å²) in [5.74, 6) is -5.35.